The van der Waals surface area contributed by atoms with E-state index in [1.165, 1.54) is 18.5 Å². The van der Waals surface area contributed by atoms with Gasteiger partial charge in [-0.2, -0.15) is 0 Å². The molecular formula is C25H31N5O2. The molecule has 168 valence electrons. The zero-order valence-electron chi connectivity index (χ0n) is 19.0. The first-order chi connectivity index (χ1) is 15.6. The van der Waals surface area contributed by atoms with Crippen LogP contribution in [0, 0.1) is 0 Å². The molecule has 1 N–H and O–H groups in total. The lowest BCUT2D eigenvalue weighted by molar-refractivity contribution is 0.203. The number of carbonyl (C=O) groups excluding carboxylic acids is 1. The SMILES string of the molecule is COc1ccccc1C(NC(=O)N(C)Cc1ccccc1N1CCCC1)c1nccn1C. The average Bonchev–Trinajstić information content (AvgIpc) is 3.50. The van der Waals surface area contributed by atoms with Crippen molar-refractivity contribution < 1.29 is 9.53 Å². The van der Waals surface area contributed by atoms with Crippen LogP contribution < -0.4 is 15.0 Å². The van der Waals surface area contributed by atoms with Crippen molar-refractivity contribution in [3.63, 3.8) is 0 Å². The first-order valence-electron chi connectivity index (χ1n) is 11.0. The van der Waals surface area contributed by atoms with Gasteiger partial charge in [0.1, 0.15) is 17.6 Å². The topological polar surface area (TPSA) is 62.6 Å². The van der Waals surface area contributed by atoms with Crippen molar-refractivity contribution in [3.05, 3.63) is 77.9 Å². The summed E-state index contributed by atoms with van der Waals surface area (Å²) in [7, 11) is 5.39. The molecule has 1 atom stereocenters. The highest BCUT2D eigenvalue weighted by Gasteiger charge is 2.26. The second kappa shape index (κ2) is 9.77. The lowest BCUT2D eigenvalue weighted by Gasteiger charge is -2.27. The maximum absolute atomic E-state index is 13.3. The van der Waals surface area contributed by atoms with Crippen LogP contribution in [-0.4, -0.2) is 47.7 Å². The van der Waals surface area contributed by atoms with Gasteiger partial charge in [0.15, 0.2) is 0 Å². The van der Waals surface area contributed by atoms with Gasteiger partial charge in [0.25, 0.3) is 0 Å². The van der Waals surface area contributed by atoms with E-state index in [1.54, 1.807) is 18.2 Å². The molecule has 1 saturated heterocycles. The fraction of sp³-hybridized carbons (Fsp3) is 0.360. The Morgan fingerprint density at radius 3 is 2.59 bits per heavy atom. The summed E-state index contributed by atoms with van der Waals surface area (Å²) in [6.07, 6.45) is 6.05. The third-order valence-electron chi connectivity index (χ3n) is 6.03. The Bertz CT molecular complexity index is 1060. The Kier molecular flexibility index (Phi) is 6.63. The largest absolute Gasteiger partial charge is 0.496 e. The van der Waals surface area contributed by atoms with Crippen molar-refractivity contribution in [3.8, 4) is 5.75 Å². The monoisotopic (exact) mass is 433 g/mol. The molecule has 7 heteroatoms. The molecule has 0 bridgehead atoms. The standard InChI is InChI=1S/C25H31N5O2/c1-28-17-14-26-24(28)23(20-11-5-7-13-22(20)32-3)27-25(31)29(2)18-19-10-4-6-12-21(19)30-15-8-9-16-30/h4-7,10-14,17,23H,8-9,15-16,18H2,1-3H3,(H,27,31). The number of aromatic nitrogens is 2. The number of carbonyl (C=O) groups is 1. The average molecular weight is 434 g/mol. The van der Waals surface area contributed by atoms with Gasteiger partial charge in [-0.25, -0.2) is 9.78 Å². The summed E-state index contributed by atoms with van der Waals surface area (Å²) in [4.78, 5) is 21.9. The van der Waals surface area contributed by atoms with E-state index >= 15 is 0 Å². The van der Waals surface area contributed by atoms with Crippen molar-refractivity contribution in [2.24, 2.45) is 7.05 Å². The van der Waals surface area contributed by atoms with Crippen LogP contribution in [0.15, 0.2) is 60.9 Å². The van der Waals surface area contributed by atoms with Gasteiger partial charge in [0, 0.05) is 57.4 Å². The van der Waals surface area contributed by atoms with E-state index in [2.05, 4.69) is 33.4 Å². The molecule has 1 unspecified atom stereocenters. The normalized spacial score (nSPS) is 14.3. The molecule has 1 aliphatic heterocycles. The summed E-state index contributed by atoms with van der Waals surface area (Å²) in [5, 5.41) is 3.17. The molecule has 3 aromatic rings. The number of nitrogens with one attached hydrogen (secondary N) is 1. The molecule has 2 aromatic carbocycles. The number of anilines is 1. The summed E-state index contributed by atoms with van der Waals surface area (Å²) in [5.74, 6) is 1.46. The van der Waals surface area contributed by atoms with E-state index in [1.807, 2.05) is 55.2 Å². The van der Waals surface area contributed by atoms with Crippen molar-refractivity contribution in [2.75, 3.05) is 32.1 Å². The van der Waals surface area contributed by atoms with E-state index in [9.17, 15) is 4.79 Å². The van der Waals surface area contributed by atoms with Crippen LogP contribution in [0.5, 0.6) is 5.75 Å². The molecule has 2 amide bonds. The number of aryl methyl sites for hydroxylation is 1. The van der Waals surface area contributed by atoms with Gasteiger partial charge in [-0.1, -0.05) is 36.4 Å². The fourth-order valence-electron chi connectivity index (χ4n) is 4.31. The first kappa shape index (κ1) is 21.7. The molecule has 4 rings (SSSR count). The van der Waals surface area contributed by atoms with Gasteiger partial charge in [0.05, 0.1) is 7.11 Å². The van der Waals surface area contributed by atoms with Gasteiger partial charge in [-0.3, -0.25) is 0 Å². The van der Waals surface area contributed by atoms with E-state index < -0.39 is 6.04 Å². The van der Waals surface area contributed by atoms with Gasteiger partial charge >= 0.3 is 6.03 Å². The van der Waals surface area contributed by atoms with E-state index in [0.717, 1.165) is 30.0 Å². The summed E-state index contributed by atoms with van der Waals surface area (Å²) in [6.45, 7) is 2.67. The number of amides is 2. The summed E-state index contributed by atoms with van der Waals surface area (Å²) in [5.41, 5.74) is 3.23. The quantitative estimate of drug-likeness (QED) is 0.613. The smallest absolute Gasteiger partial charge is 0.318 e. The molecule has 0 aliphatic carbocycles. The van der Waals surface area contributed by atoms with Gasteiger partial charge in [-0.05, 0) is 30.5 Å². The zero-order valence-corrected chi connectivity index (χ0v) is 19.0. The van der Waals surface area contributed by atoms with Crippen LogP contribution in [-0.2, 0) is 13.6 Å². The third-order valence-corrected chi connectivity index (χ3v) is 6.03. The van der Waals surface area contributed by atoms with Crippen LogP contribution in [0.25, 0.3) is 0 Å². The number of imidazole rings is 1. The maximum atomic E-state index is 13.3. The highest BCUT2D eigenvalue weighted by Crippen LogP contribution is 2.30. The van der Waals surface area contributed by atoms with Crippen LogP contribution in [0.4, 0.5) is 10.5 Å². The van der Waals surface area contributed by atoms with Crippen LogP contribution in [0.1, 0.15) is 35.8 Å². The fourth-order valence-corrected chi connectivity index (χ4v) is 4.31. The molecule has 0 spiro atoms. The number of nitrogens with zero attached hydrogens (tertiary/aromatic N) is 4. The lowest BCUT2D eigenvalue weighted by Crippen LogP contribution is -2.40. The zero-order chi connectivity index (χ0) is 22.5. The Labute approximate surface area is 189 Å². The van der Waals surface area contributed by atoms with E-state index in [-0.39, 0.29) is 6.03 Å². The number of hydrogen-bond acceptors (Lipinski definition) is 4. The van der Waals surface area contributed by atoms with Crippen molar-refractivity contribution in [1.82, 2.24) is 19.8 Å². The number of urea groups is 1. The highest BCUT2D eigenvalue weighted by molar-refractivity contribution is 5.75. The molecule has 0 saturated carbocycles. The lowest BCUT2D eigenvalue weighted by atomic mass is 10.0. The second-order valence-corrected chi connectivity index (χ2v) is 8.20. The summed E-state index contributed by atoms with van der Waals surface area (Å²) < 4.78 is 7.48. The number of methoxy groups -OCH3 is 1. The number of benzene rings is 2. The molecule has 1 aromatic heterocycles. The van der Waals surface area contributed by atoms with Crippen LogP contribution >= 0.6 is 0 Å². The van der Waals surface area contributed by atoms with Crippen molar-refractivity contribution >= 4 is 11.7 Å². The minimum absolute atomic E-state index is 0.167. The second-order valence-electron chi connectivity index (χ2n) is 8.20. The third kappa shape index (κ3) is 4.56. The molecule has 1 aliphatic rings. The number of hydrogen-bond donors (Lipinski definition) is 1. The minimum atomic E-state index is -0.435. The number of rotatable bonds is 7. The molecule has 0 radical (unpaired) electrons. The summed E-state index contributed by atoms with van der Waals surface area (Å²) >= 11 is 0. The van der Waals surface area contributed by atoms with Crippen LogP contribution in [0.3, 0.4) is 0 Å². The molecular weight excluding hydrogens is 402 g/mol. The Morgan fingerprint density at radius 2 is 1.88 bits per heavy atom. The Balaban J connectivity index is 1.56. The molecule has 1 fully saturated rings. The van der Waals surface area contributed by atoms with E-state index in [0.29, 0.717) is 12.3 Å². The Hall–Kier alpha value is -3.48. The molecule has 7 nitrogen and oxygen atoms in total. The first-order valence-corrected chi connectivity index (χ1v) is 11.0. The number of para-hydroxylation sites is 2. The van der Waals surface area contributed by atoms with Gasteiger partial charge < -0.3 is 24.4 Å². The van der Waals surface area contributed by atoms with Gasteiger partial charge in [0.2, 0.25) is 0 Å². The number of ether oxygens (including phenoxy) is 1. The summed E-state index contributed by atoms with van der Waals surface area (Å²) in [6, 6.07) is 15.5. The Morgan fingerprint density at radius 1 is 1.16 bits per heavy atom. The van der Waals surface area contributed by atoms with Gasteiger partial charge in [-0.15, -0.1) is 0 Å². The minimum Gasteiger partial charge on any atom is -0.496 e. The van der Waals surface area contributed by atoms with Crippen molar-refractivity contribution in [1.29, 1.82) is 0 Å². The predicted molar refractivity (Wildman–Crippen MR) is 126 cm³/mol. The van der Waals surface area contributed by atoms with E-state index in [4.69, 9.17) is 4.74 Å². The molecule has 2 heterocycles. The highest BCUT2D eigenvalue weighted by atomic mass is 16.5. The van der Waals surface area contributed by atoms with Crippen molar-refractivity contribution in [2.45, 2.75) is 25.4 Å². The predicted octanol–water partition coefficient (Wildman–Crippen LogP) is 3.96. The van der Waals surface area contributed by atoms with Crippen LogP contribution in [0.2, 0.25) is 0 Å². The molecule has 32 heavy (non-hydrogen) atoms. The maximum Gasteiger partial charge on any atom is 0.318 e.